The Bertz CT molecular complexity index is 917. The molecule has 1 fully saturated rings. The molecule has 1 N–H and O–H groups in total. The summed E-state index contributed by atoms with van der Waals surface area (Å²) < 4.78 is 0. The topological polar surface area (TPSA) is 52.7 Å². The lowest BCUT2D eigenvalue weighted by atomic mass is 10.0. The van der Waals surface area contributed by atoms with Crippen LogP contribution < -0.4 is 10.2 Å². The van der Waals surface area contributed by atoms with Gasteiger partial charge < -0.3 is 15.1 Å². The lowest BCUT2D eigenvalue weighted by Gasteiger charge is -2.43. The maximum atomic E-state index is 13.0. The van der Waals surface area contributed by atoms with Crippen LogP contribution in [0.4, 0.5) is 11.4 Å². The molecule has 0 aromatic heterocycles. The lowest BCUT2D eigenvalue weighted by Crippen LogP contribution is -2.53. The fraction of sp³-hybridized carbons (Fsp3) is 0.391. The Morgan fingerprint density at radius 2 is 1.79 bits per heavy atom. The Balaban J connectivity index is 1.63. The quantitative estimate of drug-likeness (QED) is 0.847. The standard InChI is InChI=1S/C23H27N3O2/c1-15-11-16(2)13-18(12-15)24-22(27)17-8-9-19-20(14-17)25(3)21-7-5-4-6-10-26(21)23(19)28/h8-9,11-14,21H,4-7,10H2,1-3H3,(H,24,27)/t21-/m0/s1. The van der Waals surface area contributed by atoms with Gasteiger partial charge in [-0.1, -0.05) is 12.5 Å². The molecule has 2 aliphatic heterocycles. The number of aryl methyl sites for hydroxylation is 2. The first kappa shape index (κ1) is 18.5. The van der Waals surface area contributed by atoms with Gasteiger partial charge in [0.05, 0.1) is 11.3 Å². The van der Waals surface area contributed by atoms with Crippen LogP contribution in [0.1, 0.15) is 57.5 Å². The van der Waals surface area contributed by atoms with E-state index in [2.05, 4.69) is 16.3 Å². The van der Waals surface area contributed by atoms with Crippen LogP contribution in [-0.2, 0) is 0 Å². The number of nitrogens with zero attached hydrogens (tertiary/aromatic N) is 2. The van der Waals surface area contributed by atoms with Gasteiger partial charge in [-0.2, -0.15) is 0 Å². The van der Waals surface area contributed by atoms with Gasteiger partial charge in [0.2, 0.25) is 0 Å². The highest BCUT2D eigenvalue weighted by molar-refractivity contribution is 6.08. The van der Waals surface area contributed by atoms with Crippen molar-refractivity contribution in [2.45, 2.75) is 45.7 Å². The van der Waals surface area contributed by atoms with Crippen molar-refractivity contribution in [3.05, 3.63) is 58.7 Å². The number of fused-ring (bicyclic) bond motifs is 2. The van der Waals surface area contributed by atoms with Gasteiger partial charge in [-0.25, -0.2) is 0 Å². The molecule has 0 bridgehead atoms. The first-order valence-corrected chi connectivity index (χ1v) is 10.0. The number of carbonyl (C=O) groups is 2. The molecule has 2 aromatic carbocycles. The van der Waals surface area contributed by atoms with Crippen molar-refractivity contribution in [2.24, 2.45) is 0 Å². The number of hydrogen-bond acceptors (Lipinski definition) is 3. The fourth-order valence-corrected chi connectivity index (χ4v) is 4.44. The first-order chi connectivity index (χ1) is 13.4. The van der Waals surface area contributed by atoms with E-state index in [1.54, 1.807) is 12.1 Å². The average Bonchev–Trinajstić information content (AvgIpc) is 2.91. The number of hydrogen-bond donors (Lipinski definition) is 1. The minimum atomic E-state index is -0.156. The molecule has 1 saturated heterocycles. The van der Waals surface area contributed by atoms with E-state index >= 15 is 0 Å². The van der Waals surface area contributed by atoms with Crippen LogP contribution in [0.25, 0.3) is 0 Å². The SMILES string of the molecule is Cc1cc(C)cc(NC(=O)c2ccc3c(c2)N(C)[C@@H]2CCCCCN2C3=O)c1. The number of benzene rings is 2. The van der Waals surface area contributed by atoms with Crippen molar-refractivity contribution in [1.29, 1.82) is 0 Å². The maximum absolute atomic E-state index is 13.0. The molecular formula is C23H27N3O2. The lowest BCUT2D eigenvalue weighted by molar-refractivity contribution is 0.0661. The van der Waals surface area contributed by atoms with E-state index < -0.39 is 0 Å². The molecule has 0 unspecified atom stereocenters. The summed E-state index contributed by atoms with van der Waals surface area (Å²) in [7, 11) is 2.03. The Morgan fingerprint density at radius 3 is 2.54 bits per heavy atom. The predicted molar refractivity (Wildman–Crippen MR) is 112 cm³/mol. The molecule has 4 rings (SSSR count). The number of rotatable bonds is 2. The molecule has 28 heavy (non-hydrogen) atoms. The van der Waals surface area contributed by atoms with Gasteiger partial charge in [-0.3, -0.25) is 9.59 Å². The van der Waals surface area contributed by atoms with Crippen molar-refractivity contribution in [2.75, 3.05) is 23.8 Å². The number of amides is 2. The highest BCUT2D eigenvalue weighted by atomic mass is 16.2. The number of carbonyl (C=O) groups excluding carboxylic acids is 2. The second-order valence-electron chi connectivity index (χ2n) is 8.00. The van der Waals surface area contributed by atoms with Crippen molar-refractivity contribution in [3.63, 3.8) is 0 Å². The largest absolute Gasteiger partial charge is 0.354 e. The van der Waals surface area contributed by atoms with Crippen LogP contribution >= 0.6 is 0 Å². The zero-order chi connectivity index (χ0) is 19.8. The third-order valence-corrected chi connectivity index (χ3v) is 5.78. The van der Waals surface area contributed by atoms with E-state index in [0.717, 1.165) is 54.7 Å². The fourth-order valence-electron chi connectivity index (χ4n) is 4.44. The second kappa shape index (κ2) is 7.30. The molecular weight excluding hydrogens is 350 g/mol. The highest BCUT2D eigenvalue weighted by Gasteiger charge is 2.36. The zero-order valence-electron chi connectivity index (χ0n) is 16.8. The summed E-state index contributed by atoms with van der Waals surface area (Å²) in [5.74, 6) is -0.0711. The smallest absolute Gasteiger partial charge is 0.257 e. The second-order valence-corrected chi connectivity index (χ2v) is 8.00. The predicted octanol–water partition coefficient (Wildman–Crippen LogP) is 4.35. The van der Waals surface area contributed by atoms with Crippen molar-refractivity contribution in [1.82, 2.24) is 4.90 Å². The summed E-state index contributed by atoms with van der Waals surface area (Å²) >= 11 is 0. The van der Waals surface area contributed by atoms with E-state index in [9.17, 15) is 9.59 Å². The van der Waals surface area contributed by atoms with Gasteiger partial charge in [-0.15, -0.1) is 0 Å². The van der Waals surface area contributed by atoms with Gasteiger partial charge >= 0.3 is 0 Å². The Hall–Kier alpha value is -2.82. The summed E-state index contributed by atoms with van der Waals surface area (Å²) in [6, 6.07) is 11.4. The molecule has 0 radical (unpaired) electrons. The average molecular weight is 377 g/mol. The van der Waals surface area contributed by atoms with Crippen molar-refractivity contribution < 1.29 is 9.59 Å². The van der Waals surface area contributed by atoms with Gasteiger partial charge in [0.1, 0.15) is 6.17 Å². The van der Waals surface area contributed by atoms with Gasteiger partial charge in [-0.05, 0) is 74.6 Å². The van der Waals surface area contributed by atoms with Crippen LogP contribution in [-0.4, -0.2) is 36.5 Å². The Labute approximate surface area is 166 Å². The molecule has 2 aromatic rings. The van der Waals surface area contributed by atoms with Crippen molar-refractivity contribution >= 4 is 23.2 Å². The van der Waals surface area contributed by atoms with Crippen molar-refractivity contribution in [3.8, 4) is 0 Å². The summed E-state index contributed by atoms with van der Waals surface area (Å²) in [5.41, 5.74) is 5.11. The van der Waals surface area contributed by atoms with E-state index in [-0.39, 0.29) is 18.0 Å². The minimum absolute atomic E-state index is 0.0835. The van der Waals surface area contributed by atoms with Crippen LogP contribution in [0.3, 0.4) is 0 Å². The number of nitrogens with one attached hydrogen (secondary N) is 1. The normalized spacial score (nSPS) is 19.0. The summed E-state index contributed by atoms with van der Waals surface area (Å²) in [6.45, 7) is 4.84. The molecule has 0 spiro atoms. The van der Waals surface area contributed by atoms with Gasteiger partial charge in [0, 0.05) is 24.8 Å². The van der Waals surface area contributed by atoms with E-state index in [1.807, 2.05) is 44.0 Å². The van der Waals surface area contributed by atoms with Gasteiger partial charge in [0.25, 0.3) is 11.8 Å². The van der Waals surface area contributed by atoms with Crippen LogP contribution in [0.2, 0.25) is 0 Å². The Morgan fingerprint density at radius 1 is 1.04 bits per heavy atom. The molecule has 5 heteroatoms. The van der Waals surface area contributed by atoms with Crippen LogP contribution in [0, 0.1) is 13.8 Å². The van der Waals surface area contributed by atoms with Gasteiger partial charge in [0.15, 0.2) is 0 Å². The summed E-state index contributed by atoms with van der Waals surface area (Å²) in [5, 5.41) is 2.99. The maximum Gasteiger partial charge on any atom is 0.257 e. The first-order valence-electron chi connectivity index (χ1n) is 10.0. The molecule has 0 saturated carbocycles. The third kappa shape index (κ3) is 3.37. The monoisotopic (exact) mass is 377 g/mol. The van der Waals surface area contributed by atoms with Crippen LogP contribution in [0.5, 0.6) is 0 Å². The van der Waals surface area contributed by atoms with E-state index in [4.69, 9.17) is 0 Å². The molecule has 146 valence electrons. The zero-order valence-corrected chi connectivity index (χ0v) is 16.8. The summed E-state index contributed by atoms with van der Waals surface area (Å²) in [6.07, 6.45) is 4.40. The molecule has 2 aliphatic rings. The molecule has 0 aliphatic carbocycles. The summed E-state index contributed by atoms with van der Waals surface area (Å²) in [4.78, 5) is 30.0. The Kier molecular flexibility index (Phi) is 4.84. The number of anilines is 2. The third-order valence-electron chi connectivity index (χ3n) is 5.78. The minimum Gasteiger partial charge on any atom is -0.354 e. The molecule has 1 atom stereocenters. The molecule has 5 nitrogen and oxygen atoms in total. The van der Waals surface area contributed by atoms with Crippen LogP contribution in [0.15, 0.2) is 36.4 Å². The molecule has 2 amide bonds. The van der Waals surface area contributed by atoms with E-state index in [0.29, 0.717) is 11.1 Å². The molecule has 2 heterocycles. The highest BCUT2D eigenvalue weighted by Crippen LogP contribution is 2.34. The van der Waals surface area contributed by atoms with E-state index in [1.165, 1.54) is 0 Å².